The Morgan fingerprint density at radius 3 is 3.00 bits per heavy atom. The Balaban J connectivity index is 1.84. The fourth-order valence-corrected chi connectivity index (χ4v) is 2.77. The van der Waals surface area contributed by atoms with Gasteiger partial charge in [0.15, 0.2) is 0 Å². The standard InChI is InChI=1S/C14H19N3O/c1-14(2)10(9-11(14)18-3)16-13-6-4-5-12-15-7-8-17(12)13/h4-8,10-11,16H,9H2,1-3H3. The SMILES string of the molecule is COC1CC(Nc2cccc3nccn23)C1(C)C. The van der Waals surface area contributed by atoms with Crippen molar-refractivity contribution in [2.45, 2.75) is 32.4 Å². The number of fused-ring (bicyclic) bond motifs is 1. The third kappa shape index (κ3) is 1.60. The molecule has 0 saturated heterocycles. The van der Waals surface area contributed by atoms with Crippen molar-refractivity contribution in [1.82, 2.24) is 9.38 Å². The first-order valence-corrected chi connectivity index (χ1v) is 6.34. The van der Waals surface area contributed by atoms with Crippen LogP contribution in [-0.4, -0.2) is 28.6 Å². The highest BCUT2D eigenvalue weighted by molar-refractivity contribution is 5.50. The van der Waals surface area contributed by atoms with Crippen molar-refractivity contribution < 1.29 is 4.74 Å². The lowest BCUT2D eigenvalue weighted by Gasteiger charge is -2.51. The molecule has 0 aromatic carbocycles. The van der Waals surface area contributed by atoms with E-state index in [2.05, 4.69) is 34.6 Å². The molecular formula is C14H19N3O. The molecular weight excluding hydrogens is 226 g/mol. The van der Waals surface area contributed by atoms with Gasteiger partial charge < -0.3 is 10.1 Å². The summed E-state index contributed by atoms with van der Waals surface area (Å²) in [6, 6.07) is 6.57. The van der Waals surface area contributed by atoms with Crippen LogP contribution in [-0.2, 0) is 4.74 Å². The first-order chi connectivity index (χ1) is 8.63. The van der Waals surface area contributed by atoms with Crippen molar-refractivity contribution in [1.29, 1.82) is 0 Å². The summed E-state index contributed by atoms with van der Waals surface area (Å²) in [4.78, 5) is 4.30. The van der Waals surface area contributed by atoms with E-state index >= 15 is 0 Å². The Bertz CT molecular complexity index is 561. The van der Waals surface area contributed by atoms with E-state index in [9.17, 15) is 0 Å². The van der Waals surface area contributed by atoms with Crippen LogP contribution in [0.25, 0.3) is 5.65 Å². The smallest absolute Gasteiger partial charge is 0.138 e. The van der Waals surface area contributed by atoms with Crippen LogP contribution in [0, 0.1) is 5.41 Å². The number of methoxy groups -OCH3 is 1. The van der Waals surface area contributed by atoms with Gasteiger partial charge in [-0.3, -0.25) is 4.40 Å². The number of ether oxygens (including phenoxy) is 1. The van der Waals surface area contributed by atoms with Crippen LogP contribution >= 0.6 is 0 Å². The molecule has 2 aromatic heterocycles. The number of nitrogens with one attached hydrogen (secondary N) is 1. The molecule has 1 saturated carbocycles. The maximum atomic E-state index is 5.48. The summed E-state index contributed by atoms with van der Waals surface area (Å²) in [6.45, 7) is 4.49. The first-order valence-electron chi connectivity index (χ1n) is 6.34. The van der Waals surface area contributed by atoms with Crippen molar-refractivity contribution in [3.05, 3.63) is 30.6 Å². The third-order valence-corrected chi connectivity index (χ3v) is 4.21. The third-order valence-electron chi connectivity index (χ3n) is 4.21. The van der Waals surface area contributed by atoms with Crippen LogP contribution in [0.4, 0.5) is 5.82 Å². The molecule has 0 radical (unpaired) electrons. The molecule has 2 heterocycles. The van der Waals surface area contributed by atoms with Crippen LogP contribution in [0.2, 0.25) is 0 Å². The molecule has 18 heavy (non-hydrogen) atoms. The molecule has 4 heteroatoms. The number of pyridine rings is 1. The fraction of sp³-hybridized carbons (Fsp3) is 0.500. The topological polar surface area (TPSA) is 38.6 Å². The minimum Gasteiger partial charge on any atom is -0.381 e. The summed E-state index contributed by atoms with van der Waals surface area (Å²) < 4.78 is 7.56. The van der Waals surface area contributed by atoms with Gasteiger partial charge in [-0.1, -0.05) is 19.9 Å². The van der Waals surface area contributed by atoms with Gasteiger partial charge >= 0.3 is 0 Å². The summed E-state index contributed by atoms with van der Waals surface area (Å²) in [6.07, 6.45) is 5.20. The molecule has 4 nitrogen and oxygen atoms in total. The van der Waals surface area contributed by atoms with Gasteiger partial charge in [0.05, 0.1) is 6.10 Å². The highest BCUT2D eigenvalue weighted by atomic mass is 16.5. The van der Waals surface area contributed by atoms with Crippen molar-refractivity contribution in [2.75, 3.05) is 12.4 Å². The molecule has 1 fully saturated rings. The minimum atomic E-state index is 0.164. The Labute approximate surface area is 107 Å². The van der Waals surface area contributed by atoms with E-state index in [-0.39, 0.29) is 5.41 Å². The van der Waals surface area contributed by atoms with Crippen molar-refractivity contribution >= 4 is 11.5 Å². The van der Waals surface area contributed by atoms with Crippen molar-refractivity contribution in [2.24, 2.45) is 5.41 Å². The lowest BCUT2D eigenvalue weighted by Crippen LogP contribution is -2.57. The number of aromatic nitrogens is 2. The van der Waals surface area contributed by atoms with E-state index in [4.69, 9.17) is 4.74 Å². The monoisotopic (exact) mass is 245 g/mol. The number of rotatable bonds is 3. The van der Waals surface area contributed by atoms with E-state index in [1.54, 1.807) is 7.11 Å². The molecule has 3 rings (SSSR count). The minimum absolute atomic E-state index is 0.164. The van der Waals surface area contributed by atoms with Crippen molar-refractivity contribution in [3.63, 3.8) is 0 Å². The molecule has 1 N–H and O–H groups in total. The number of hydrogen-bond donors (Lipinski definition) is 1. The molecule has 96 valence electrons. The van der Waals surface area contributed by atoms with Gasteiger partial charge in [0.1, 0.15) is 11.5 Å². The molecule has 0 aliphatic heterocycles. The number of anilines is 1. The Hall–Kier alpha value is -1.55. The van der Waals surface area contributed by atoms with Crippen molar-refractivity contribution in [3.8, 4) is 0 Å². The molecule has 2 aromatic rings. The van der Waals surface area contributed by atoms with Gasteiger partial charge in [0, 0.05) is 31.0 Å². The van der Waals surface area contributed by atoms with E-state index < -0.39 is 0 Å². The molecule has 1 aliphatic rings. The molecule has 0 amide bonds. The van der Waals surface area contributed by atoms with E-state index in [1.807, 2.05) is 24.5 Å². The number of imidazole rings is 1. The van der Waals surface area contributed by atoms with Crippen LogP contribution in [0.5, 0.6) is 0 Å². The maximum absolute atomic E-state index is 5.48. The number of nitrogens with zero attached hydrogens (tertiary/aromatic N) is 2. The van der Waals surface area contributed by atoms with E-state index in [0.29, 0.717) is 12.1 Å². The Kier molecular flexibility index (Phi) is 2.55. The van der Waals surface area contributed by atoms with Crippen LogP contribution in [0.3, 0.4) is 0 Å². The quantitative estimate of drug-likeness (QED) is 0.903. The molecule has 2 atom stereocenters. The summed E-state index contributed by atoms with van der Waals surface area (Å²) in [5, 5.41) is 3.61. The van der Waals surface area contributed by atoms with Crippen LogP contribution < -0.4 is 5.32 Å². The average molecular weight is 245 g/mol. The largest absolute Gasteiger partial charge is 0.381 e. The molecule has 0 bridgehead atoms. The fourth-order valence-electron chi connectivity index (χ4n) is 2.77. The second kappa shape index (κ2) is 3.99. The Morgan fingerprint density at radius 2 is 2.28 bits per heavy atom. The molecule has 2 unspecified atom stereocenters. The van der Waals surface area contributed by atoms with Gasteiger partial charge in [-0.05, 0) is 18.6 Å². The predicted octanol–water partition coefficient (Wildman–Crippen LogP) is 2.56. The zero-order valence-corrected chi connectivity index (χ0v) is 11.1. The lowest BCUT2D eigenvalue weighted by molar-refractivity contribution is -0.0795. The highest BCUT2D eigenvalue weighted by Gasteiger charge is 2.48. The zero-order valence-electron chi connectivity index (χ0n) is 11.1. The zero-order chi connectivity index (χ0) is 12.8. The first kappa shape index (κ1) is 11.5. The second-order valence-corrected chi connectivity index (χ2v) is 5.54. The molecule has 0 spiro atoms. The van der Waals surface area contributed by atoms with E-state index in [0.717, 1.165) is 17.9 Å². The lowest BCUT2D eigenvalue weighted by atomic mass is 9.64. The van der Waals surface area contributed by atoms with Gasteiger partial charge in [-0.2, -0.15) is 0 Å². The normalized spacial score (nSPS) is 25.9. The predicted molar refractivity (Wildman–Crippen MR) is 71.8 cm³/mol. The van der Waals surface area contributed by atoms with Crippen LogP contribution in [0.1, 0.15) is 20.3 Å². The highest BCUT2D eigenvalue weighted by Crippen LogP contribution is 2.43. The van der Waals surface area contributed by atoms with Crippen LogP contribution in [0.15, 0.2) is 30.6 Å². The Morgan fingerprint density at radius 1 is 1.44 bits per heavy atom. The molecule has 1 aliphatic carbocycles. The number of hydrogen-bond acceptors (Lipinski definition) is 3. The van der Waals surface area contributed by atoms with Gasteiger partial charge in [0.2, 0.25) is 0 Å². The van der Waals surface area contributed by atoms with Gasteiger partial charge in [-0.25, -0.2) is 4.98 Å². The average Bonchev–Trinajstić information content (AvgIpc) is 2.82. The summed E-state index contributed by atoms with van der Waals surface area (Å²) in [7, 11) is 1.79. The van der Waals surface area contributed by atoms with Gasteiger partial charge in [-0.15, -0.1) is 0 Å². The van der Waals surface area contributed by atoms with Gasteiger partial charge in [0.25, 0.3) is 0 Å². The summed E-state index contributed by atoms with van der Waals surface area (Å²) >= 11 is 0. The van der Waals surface area contributed by atoms with E-state index in [1.165, 1.54) is 0 Å². The second-order valence-electron chi connectivity index (χ2n) is 5.54. The summed E-state index contributed by atoms with van der Waals surface area (Å²) in [5.41, 5.74) is 1.14. The summed E-state index contributed by atoms with van der Waals surface area (Å²) in [5.74, 6) is 1.10. The maximum Gasteiger partial charge on any atom is 0.138 e.